The monoisotopic (exact) mass is 249 g/mol. The van der Waals surface area contributed by atoms with Crippen LogP contribution in [0.25, 0.3) is 0 Å². The van der Waals surface area contributed by atoms with Gasteiger partial charge in [0.05, 0.1) is 12.0 Å². The molecule has 1 unspecified atom stereocenters. The maximum Gasteiger partial charge on any atom is 0.316 e. The number of Topliss-reactive ketones (excluding diaryl/α,β-unsaturated/α-hetero) is 1. The molecule has 0 fully saturated rings. The Bertz CT molecular complexity index is 537. The van der Waals surface area contributed by atoms with Crippen LogP contribution in [0.1, 0.15) is 22.3 Å². The summed E-state index contributed by atoms with van der Waals surface area (Å²) in [4.78, 5) is 33.6. The van der Waals surface area contributed by atoms with E-state index in [1.807, 2.05) is 0 Å². The van der Waals surface area contributed by atoms with Crippen molar-refractivity contribution in [2.45, 2.75) is 12.8 Å². The van der Waals surface area contributed by atoms with Gasteiger partial charge in [0, 0.05) is 17.7 Å². The summed E-state index contributed by atoms with van der Waals surface area (Å²) in [5.74, 6) is -1.83. The van der Waals surface area contributed by atoms with E-state index in [0.29, 0.717) is 12.8 Å². The van der Waals surface area contributed by atoms with Gasteiger partial charge in [0.2, 0.25) is 0 Å². The van der Waals surface area contributed by atoms with Crippen molar-refractivity contribution in [2.24, 2.45) is 5.92 Å². The molecule has 1 aromatic carbocycles. The van der Waals surface area contributed by atoms with Crippen LogP contribution in [-0.4, -0.2) is 23.8 Å². The van der Waals surface area contributed by atoms with Gasteiger partial charge in [0.15, 0.2) is 5.78 Å². The fourth-order valence-corrected chi connectivity index (χ4v) is 2.11. The van der Waals surface area contributed by atoms with Gasteiger partial charge in [0.1, 0.15) is 5.92 Å². The van der Waals surface area contributed by atoms with Crippen molar-refractivity contribution in [3.8, 4) is 0 Å². The number of hydrogen-bond acceptors (Lipinski definition) is 5. The van der Waals surface area contributed by atoms with Gasteiger partial charge >= 0.3 is 5.97 Å². The number of esters is 1. The molecule has 0 aliphatic heterocycles. The summed E-state index contributed by atoms with van der Waals surface area (Å²) in [5.41, 5.74) is 0.851. The topological polar surface area (TPSA) is 86.5 Å². The number of methoxy groups -OCH3 is 1. The number of carbonyl (C=O) groups excluding carboxylic acids is 2. The lowest BCUT2D eigenvalue weighted by molar-refractivity contribution is -0.384. The molecule has 6 heteroatoms. The number of ether oxygens (including phenoxy) is 1. The first-order chi connectivity index (χ1) is 8.54. The van der Waals surface area contributed by atoms with Crippen molar-refractivity contribution in [3.63, 3.8) is 0 Å². The van der Waals surface area contributed by atoms with E-state index in [0.717, 1.165) is 5.56 Å². The molecule has 0 radical (unpaired) electrons. The molecule has 0 heterocycles. The van der Waals surface area contributed by atoms with Crippen molar-refractivity contribution in [3.05, 3.63) is 39.4 Å². The smallest absolute Gasteiger partial charge is 0.316 e. The Morgan fingerprint density at radius 1 is 1.50 bits per heavy atom. The lowest BCUT2D eigenvalue weighted by atomic mass is 9.82. The number of nitrogens with zero attached hydrogens (tertiary/aromatic N) is 1. The van der Waals surface area contributed by atoms with Crippen LogP contribution in [0.5, 0.6) is 0 Å². The Labute approximate surface area is 103 Å². The number of carbonyl (C=O) groups is 2. The third-order valence-electron chi connectivity index (χ3n) is 3.07. The Kier molecular flexibility index (Phi) is 3.10. The Hall–Kier alpha value is -2.24. The number of benzene rings is 1. The van der Waals surface area contributed by atoms with Gasteiger partial charge in [-0.3, -0.25) is 19.7 Å². The highest BCUT2D eigenvalue weighted by molar-refractivity contribution is 6.10. The minimum atomic E-state index is -0.843. The number of nitro groups is 1. The minimum absolute atomic E-state index is 0.146. The molecule has 18 heavy (non-hydrogen) atoms. The van der Waals surface area contributed by atoms with E-state index in [4.69, 9.17) is 0 Å². The second-order valence-electron chi connectivity index (χ2n) is 4.08. The zero-order chi connectivity index (χ0) is 13.3. The Morgan fingerprint density at radius 2 is 2.22 bits per heavy atom. The number of ketones is 1. The summed E-state index contributed by atoms with van der Waals surface area (Å²) in [6.45, 7) is 0. The van der Waals surface area contributed by atoms with Gasteiger partial charge < -0.3 is 4.74 Å². The predicted octanol–water partition coefficient (Wildman–Crippen LogP) is 1.51. The van der Waals surface area contributed by atoms with Crippen LogP contribution in [0.15, 0.2) is 18.2 Å². The van der Waals surface area contributed by atoms with Crippen LogP contribution in [0.3, 0.4) is 0 Å². The molecule has 0 saturated carbocycles. The van der Waals surface area contributed by atoms with Crippen molar-refractivity contribution in [2.75, 3.05) is 7.11 Å². The third kappa shape index (κ3) is 1.97. The molecule has 6 nitrogen and oxygen atoms in total. The average molecular weight is 249 g/mol. The predicted molar refractivity (Wildman–Crippen MR) is 61.3 cm³/mol. The number of fused-ring (bicyclic) bond motifs is 1. The second kappa shape index (κ2) is 4.56. The molecule has 0 amide bonds. The summed E-state index contributed by atoms with van der Waals surface area (Å²) in [5, 5.41) is 10.7. The molecule has 0 saturated heterocycles. The molecular formula is C12H11NO5. The van der Waals surface area contributed by atoms with Crippen LogP contribution in [0.4, 0.5) is 5.69 Å². The molecule has 1 aliphatic rings. The van der Waals surface area contributed by atoms with Gasteiger partial charge in [-0.15, -0.1) is 0 Å². The Balaban J connectivity index is 2.41. The Morgan fingerprint density at radius 3 is 2.83 bits per heavy atom. The first kappa shape index (κ1) is 12.2. The number of nitro benzene ring substituents is 1. The first-order valence-corrected chi connectivity index (χ1v) is 5.44. The molecule has 0 spiro atoms. The quantitative estimate of drug-likeness (QED) is 0.343. The van der Waals surface area contributed by atoms with Crippen LogP contribution < -0.4 is 0 Å². The zero-order valence-corrected chi connectivity index (χ0v) is 9.71. The van der Waals surface area contributed by atoms with Gasteiger partial charge in [-0.25, -0.2) is 0 Å². The van der Waals surface area contributed by atoms with Gasteiger partial charge in [-0.1, -0.05) is 6.07 Å². The van der Waals surface area contributed by atoms with E-state index in [1.165, 1.54) is 19.2 Å². The molecule has 94 valence electrons. The van der Waals surface area contributed by atoms with Crippen LogP contribution >= 0.6 is 0 Å². The van der Waals surface area contributed by atoms with Gasteiger partial charge in [0.25, 0.3) is 5.69 Å². The number of hydrogen-bond donors (Lipinski definition) is 0. The molecular weight excluding hydrogens is 238 g/mol. The highest BCUT2D eigenvalue weighted by atomic mass is 16.6. The minimum Gasteiger partial charge on any atom is -0.468 e. The van der Waals surface area contributed by atoms with E-state index < -0.39 is 22.6 Å². The summed E-state index contributed by atoms with van der Waals surface area (Å²) >= 11 is 0. The molecule has 1 aromatic rings. The van der Waals surface area contributed by atoms with E-state index in [9.17, 15) is 19.7 Å². The van der Waals surface area contributed by atoms with Gasteiger partial charge in [-0.2, -0.15) is 0 Å². The van der Waals surface area contributed by atoms with Crippen LogP contribution in [0, 0.1) is 16.0 Å². The van der Waals surface area contributed by atoms with Crippen molar-refractivity contribution in [1.82, 2.24) is 0 Å². The molecule has 1 aliphatic carbocycles. The largest absolute Gasteiger partial charge is 0.468 e. The standard InChI is InChI=1S/C12H11NO5/c1-18-12(15)9-5-3-7-2-4-8(13(16)17)6-10(7)11(9)14/h2,4,6,9H,3,5H2,1H3. The number of aryl methyl sites for hydroxylation is 1. The van der Waals surface area contributed by atoms with Crippen LogP contribution in [0.2, 0.25) is 0 Å². The van der Waals surface area contributed by atoms with E-state index in [-0.39, 0.29) is 11.3 Å². The van der Waals surface area contributed by atoms with E-state index in [1.54, 1.807) is 6.07 Å². The maximum absolute atomic E-state index is 12.1. The van der Waals surface area contributed by atoms with Crippen molar-refractivity contribution < 1.29 is 19.2 Å². The SMILES string of the molecule is COC(=O)C1CCc2ccc([N+](=O)[O-])cc2C1=O. The summed E-state index contributed by atoms with van der Waals surface area (Å²) in [6.07, 6.45) is 0.926. The van der Waals surface area contributed by atoms with Gasteiger partial charge in [-0.05, 0) is 18.4 Å². The fraction of sp³-hybridized carbons (Fsp3) is 0.333. The summed E-state index contributed by atoms with van der Waals surface area (Å²) in [6, 6.07) is 4.16. The zero-order valence-electron chi connectivity index (χ0n) is 9.71. The summed E-state index contributed by atoms with van der Waals surface area (Å²) in [7, 11) is 1.22. The molecule has 0 aromatic heterocycles. The molecule has 0 N–H and O–H groups in total. The fourth-order valence-electron chi connectivity index (χ4n) is 2.11. The second-order valence-corrected chi connectivity index (χ2v) is 4.08. The van der Waals surface area contributed by atoms with E-state index in [2.05, 4.69) is 4.74 Å². The molecule has 1 atom stereocenters. The first-order valence-electron chi connectivity index (χ1n) is 5.44. The average Bonchev–Trinajstić information content (AvgIpc) is 2.38. The van der Waals surface area contributed by atoms with E-state index >= 15 is 0 Å². The third-order valence-corrected chi connectivity index (χ3v) is 3.07. The van der Waals surface area contributed by atoms with Crippen LogP contribution in [-0.2, 0) is 16.0 Å². The number of non-ortho nitro benzene ring substituents is 1. The highest BCUT2D eigenvalue weighted by Gasteiger charge is 2.34. The maximum atomic E-state index is 12.1. The van der Waals surface area contributed by atoms with Crippen molar-refractivity contribution in [1.29, 1.82) is 0 Å². The lowest BCUT2D eigenvalue weighted by Gasteiger charge is -2.20. The lowest BCUT2D eigenvalue weighted by Crippen LogP contribution is -2.30. The molecule has 2 rings (SSSR count). The highest BCUT2D eigenvalue weighted by Crippen LogP contribution is 2.29. The van der Waals surface area contributed by atoms with Crippen molar-refractivity contribution >= 4 is 17.4 Å². The summed E-state index contributed by atoms with van der Waals surface area (Å²) < 4.78 is 4.56. The molecule has 0 bridgehead atoms. The normalized spacial score (nSPS) is 18.1. The number of rotatable bonds is 2.